The van der Waals surface area contributed by atoms with Crippen LogP contribution in [0.4, 0.5) is 5.95 Å². The number of fused-ring (bicyclic) bond motifs is 3. The molecule has 0 spiro atoms. The molecule has 0 saturated heterocycles. The number of nitrogens with zero attached hydrogens (tertiary/aromatic N) is 5. The standard InChI is InChI=1S/C20H23N5O4/c1-13-10-23(9-8-14-6-4-3-5-7-14)19-21-17-16(24(19)11-13)18(28)25(12-15(26)27)20(29)22(17)2/h3-7,13H,8-12H2,1-2H3,(H,26,27)/t13-/m0/s1. The maximum Gasteiger partial charge on any atom is 0.333 e. The van der Waals surface area contributed by atoms with Crippen LogP contribution < -0.4 is 16.1 Å². The number of carbonyl (C=O) groups is 1. The topological polar surface area (TPSA) is 102 Å². The van der Waals surface area contributed by atoms with E-state index < -0.39 is 23.8 Å². The van der Waals surface area contributed by atoms with E-state index in [0.717, 1.165) is 24.1 Å². The Morgan fingerprint density at radius 1 is 1.21 bits per heavy atom. The summed E-state index contributed by atoms with van der Waals surface area (Å²) in [4.78, 5) is 43.4. The maximum absolute atomic E-state index is 13.0. The van der Waals surface area contributed by atoms with E-state index in [1.54, 1.807) is 0 Å². The maximum atomic E-state index is 13.0. The molecule has 4 rings (SSSR count). The van der Waals surface area contributed by atoms with Gasteiger partial charge in [0, 0.05) is 26.7 Å². The number of carboxylic acid groups (broad SMARTS) is 1. The molecule has 0 unspecified atom stereocenters. The van der Waals surface area contributed by atoms with Crippen molar-refractivity contribution in [3.63, 3.8) is 0 Å². The smallest absolute Gasteiger partial charge is 0.333 e. The average Bonchev–Trinajstić information content (AvgIpc) is 3.08. The summed E-state index contributed by atoms with van der Waals surface area (Å²) in [6, 6.07) is 10.1. The van der Waals surface area contributed by atoms with E-state index in [0.29, 0.717) is 12.5 Å². The molecule has 1 aliphatic heterocycles. The molecule has 0 bridgehead atoms. The number of aliphatic carboxylic acids is 1. The van der Waals surface area contributed by atoms with Crippen molar-refractivity contribution in [2.75, 3.05) is 18.0 Å². The second-order valence-electron chi connectivity index (χ2n) is 7.61. The SMILES string of the molecule is C[C@H]1CN(CCc2ccccc2)c2nc3c(c(=O)n(CC(=O)O)c(=O)n3C)n2C1. The van der Waals surface area contributed by atoms with Gasteiger partial charge in [-0.25, -0.2) is 9.36 Å². The molecule has 1 atom stereocenters. The lowest BCUT2D eigenvalue weighted by atomic mass is 10.1. The van der Waals surface area contributed by atoms with Gasteiger partial charge in [-0.05, 0) is 17.9 Å². The first-order chi connectivity index (χ1) is 13.9. The number of anilines is 1. The predicted octanol–water partition coefficient (Wildman–Crippen LogP) is 0.680. The minimum absolute atomic E-state index is 0.277. The quantitative estimate of drug-likeness (QED) is 0.679. The highest BCUT2D eigenvalue weighted by atomic mass is 16.4. The van der Waals surface area contributed by atoms with Gasteiger partial charge in [0.05, 0.1) is 0 Å². The monoisotopic (exact) mass is 397 g/mol. The lowest BCUT2D eigenvalue weighted by Crippen LogP contribution is -2.42. The van der Waals surface area contributed by atoms with E-state index in [9.17, 15) is 14.4 Å². The Morgan fingerprint density at radius 2 is 1.93 bits per heavy atom. The fourth-order valence-electron chi connectivity index (χ4n) is 3.98. The van der Waals surface area contributed by atoms with Crippen molar-refractivity contribution in [1.82, 2.24) is 18.7 Å². The summed E-state index contributed by atoms with van der Waals surface area (Å²) in [6.45, 7) is 3.55. The first kappa shape index (κ1) is 19.0. The number of hydrogen-bond donors (Lipinski definition) is 1. The number of imidazole rings is 1. The molecule has 0 fully saturated rings. The third-order valence-corrected chi connectivity index (χ3v) is 5.33. The number of carboxylic acids is 1. The van der Waals surface area contributed by atoms with Crippen LogP contribution in [0.2, 0.25) is 0 Å². The molecule has 1 N–H and O–H groups in total. The largest absolute Gasteiger partial charge is 0.480 e. The molecule has 1 aromatic carbocycles. The number of benzene rings is 1. The van der Waals surface area contributed by atoms with Crippen LogP contribution in [0.25, 0.3) is 11.2 Å². The van der Waals surface area contributed by atoms with Crippen molar-refractivity contribution in [3.8, 4) is 0 Å². The fraction of sp³-hybridized carbons (Fsp3) is 0.400. The molecule has 1 aliphatic rings. The summed E-state index contributed by atoms with van der Waals surface area (Å²) >= 11 is 0. The zero-order valence-electron chi connectivity index (χ0n) is 16.4. The highest BCUT2D eigenvalue weighted by molar-refractivity contribution is 5.75. The zero-order chi connectivity index (χ0) is 20.7. The Morgan fingerprint density at radius 3 is 2.62 bits per heavy atom. The molecule has 0 aliphatic carbocycles. The fourth-order valence-corrected chi connectivity index (χ4v) is 3.98. The Kier molecular flexibility index (Phi) is 4.73. The molecule has 9 heteroatoms. The Hall–Kier alpha value is -3.36. The molecular weight excluding hydrogens is 374 g/mol. The van der Waals surface area contributed by atoms with Gasteiger partial charge in [0.1, 0.15) is 6.54 Å². The van der Waals surface area contributed by atoms with Gasteiger partial charge in [-0.1, -0.05) is 37.3 Å². The van der Waals surface area contributed by atoms with Gasteiger partial charge in [-0.3, -0.25) is 14.2 Å². The van der Waals surface area contributed by atoms with Gasteiger partial charge < -0.3 is 14.6 Å². The highest BCUT2D eigenvalue weighted by Crippen LogP contribution is 2.26. The Labute approximate surface area is 166 Å². The average molecular weight is 397 g/mol. The molecule has 29 heavy (non-hydrogen) atoms. The lowest BCUT2D eigenvalue weighted by Gasteiger charge is -2.33. The van der Waals surface area contributed by atoms with Crippen LogP contribution >= 0.6 is 0 Å². The summed E-state index contributed by atoms with van der Waals surface area (Å²) in [5, 5.41) is 9.09. The van der Waals surface area contributed by atoms with Crippen LogP contribution in [-0.4, -0.2) is 42.9 Å². The van der Waals surface area contributed by atoms with Crippen molar-refractivity contribution in [2.24, 2.45) is 13.0 Å². The van der Waals surface area contributed by atoms with Crippen molar-refractivity contribution < 1.29 is 9.90 Å². The third-order valence-electron chi connectivity index (χ3n) is 5.33. The number of hydrogen-bond acceptors (Lipinski definition) is 5. The number of aromatic nitrogens is 4. The second kappa shape index (κ2) is 7.23. The predicted molar refractivity (Wildman–Crippen MR) is 108 cm³/mol. The first-order valence-electron chi connectivity index (χ1n) is 9.57. The summed E-state index contributed by atoms with van der Waals surface area (Å²) in [5.41, 5.74) is 0.491. The summed E-state index contributed by atoms with van der Waals surface area (Å²) in [7, 11) is 1.51. The molecule has 3 heterocycles. The zero-order valence-corrected chi connectivity index (χ0v) is 16.4. The molecule has 0 radical (unpaired) electrons. The van der Waals surface area contributed by atoms with Gasteiger partial charge in [0.15, 0.2) is 11.2 Å². The molecule has 9 nitrogen and oxygen atoms in total. The van der Waals surface area contributed by atoms with Crippen molar-refractivity contribution in [1.29, 1.82) is 0 Å². The molecule has 0 amide bonds. The minimum atomic E-state index is -1.24. The highest BCUT2D eigenvalue weighted by Gasteiger charge is 2.29. The van der Waals surface area contributed by atoms with Crippen LogP contribution in [0, 0.1) is 5.92 Å². The summed E-state index contributed by atoms with van der Waals surface area (Å²) < 4.78 is 3.84. The second-order valence-corrected chi connectivity index (χ2v) is 7.61. The van der Waals surface area contributed by atoms with Gasteiger partial charge in [0.2, 0.25) is 5.95 Å². The van der Waals surface area contributed by atoms with E-state index in [1.165, 1.54) is 17.2 Å². The van der Waals surface area contributed by atoms with E-state index in [1.807, 2.05) is 22.8 Å². The molecular formula is C20H23N5O4. The minimum Gasteiger partial charge on any atom is -0.480 e. The van der Waals surface area contributed by atoms with Gasteiger partial charge >= 0.3 is 11.7 Å². The van der Waals surface area contributed by atoms with Crippen molar-refractivity contribution >= 4 is 23.1 Å². The van der Waals surface area contributed by atoms with E-state index >= 15 is 0 Å². The van der Waals surface area contributed by atoms with Crippen LogP contribution in [0.15, 0.2) is 39.9 Å². The molecule has 152 valence electrons. The van der Waals surface area contributed by atoms with Crippen LogP contribution in [0.3, 0.4) is 0 Å². The number of aryl methyl sites for hydroxylation is 1. The summed E-state index contributed by atoms with van der Waals surface area (Å²) in [5.74, 6) is -0.311. The third kappa shape index (κ3) is 3.32. The Bertz CT molecular complexity index is 1190. The lowest BCUT2D eigenvalue weighted by molar-refractivity contribution is -0.137. The van der Waals surface area contributed by atoms with Crippen LogP contribution in [-0.2, 0) is 31.4 Å². The van der Waals surface area contributed by atoms with Crippen molar-refractivity contribution in [2.45, 2.75) is 26.4 Å². The van der Waals surface area contributed by atoms with Gasteiger partial charge in [0.25, 0.3) is 5.56 Å². The number of rotatable bonds is 5. The molecule has 3 aromatic rings. The van der Waals surface area contributed by atoms with Crippen molar-refractivity contribution in [3.05, 3.63) is 56.7 Å². The van der Waals surface area contributed by atoms with E-state index in [4.69, 9.17) is 5.11 Å². The summed E-state index contributed by atoms with van der Waals surface area (Å²) in [6.07, 6.45) is 0.832. The molecule has 2 aromatic heterocycles. The first-order valence-corrected chi connectivity index (χ1v) is 9.57. The normalized spacial score (nSPS) is 16.2. The van der Waals surface area contributed by atoms with E-state index in [2.05, 4.69) is 28.9 Å². The van der Waals surface area contributed by atoms with Crippen LogP contribution in [0.5, 0.6) is 0 Å². The van der Waals surface area contributed by atoms with Gasteiger partial charge in [-0.2, -0.15) is 4.98 Å². The Balaban J connectivity index is 1.81. The van der Waals surface area contributed by atoms with Crippen LogP contribution in [0.1, 0.15) is 12.5 Å². The molecule has 0 saturated carbocycles. The van der Waals surface area contributed by atoms with E-state index in [-0.39, 0.29) is 17.1 Å². The van der Waals surface area contributed by atoms with Gasteiger partial charge in [-0.15, -0.1) is 0 Å².